The van der Waals surface area contributed by atoms with Crippen molar-refractivity contribution in [1.82, 2.24) is 4.98 Å². The Hall–Kier alpha value is -1.95. The van der Waals surface area contributed by atoms with Crippen LogP contribution in [0, 0.1) is 5.82 Å². The summed E-state index contributed by atoms with van der Waals surface area (Å²) in [6.07, 6.45) is 1.51. The second-order valence-corrected chi connectivity index (χ2v) is 5.72. The molecule has 94 valence electrons. The lowest BCUT2D eigenvalue weighted by Crippen LogP contribution is -2.09. The van der Waals surface area contributed by atoms with Crippen LogP contribution < -0.4 is 5.73 Å². The monoisotopic (exact) mass is 266 g/mol. The number of hydrogen-bond donors (Lipinski definition) is 1. The van der Waals surface area contributed by atoms with Gasteiger partial charge in [-0.25, -0.2) is 12.8 Å². The highest BCUT2D eigenvalue weighted by atomic mass is 32.2. The standard InChI is InChI=1S/C12H11FN2O2S/c13-9-4-5-12(11(14)7-9)18(16,17)8-10-3-1-2-6-15-10/h1-7H,8,14H2. The minimum absolute atomic E-state index is 0.0745. The Morgan fingerprint density at radius 1 is 1.22 bits per heavy atom. The van der Waals surface area contributed by atoms with Gasteiger partial charge >= 0.3 is 0 Å². The molecule has 0 aliphatic rings. The van der Waals surface area contributed by atoms with E-state index >= 15 is 0 Å². The molecule has 1 aromatic carbocycles. The zero-order valence-corrected chi connectivity index (χ0v) is 10.2. The van der Waals surface area contributed by atoms with E-state index in [9.17, 15) is 12.8 Å². The third kappa shape index (κ3) is 2.65. The molecular formula is C12H11FN2O2S. The van der Waals surface area contributed by atoms with E-state index in [-0.39, 0.29) is 16.3 Å². The van der Waals surface area contributed by atoms with Gasteiger partial charge < -0.3 is 5.73 Å². The third-order valence-corrected chi connectivity index (χ3v) is 4.09. The molecule has 0 saturated heterocycles. The van der Waals surface area contributed by atoms with Crippen LogP contribution in [0.15, 0.2) is 47.5 Å². The molecule has 1 heterocycles. The third-order valence-electron chi connectivity index (χ3n) is 2.37. The number of nitrogen functional groups attached to an aromatic ring is 1. The molecule has 6 heteroatoms. The summed E-state index contributed by atoms with van der Waals surface area (Å²) < 4.78 is 37.1. The molecule has 2 rings (SSSR count). The predicted octanol–water partition coefficient (Wildman–Crippen LogP) is 1.78. The number of anilines is 1. The molecule has 0 fully saturated rings. The zero-order valence-electron chi connectivity index (χ0n) is 9.38. The summed E-state index contributed by atoms with van der Waals surface area (Å²) in [5, 5.41) is 0. The molecule has 0 amide bonds. The normalized spacial score (nSPS) is 11.4. The average Bonchev–Trinajstić information content (AvgIpc) is 2.29. The molecule has 2 aromatic rings. The van der Waals surface area contributed by atoms with Gasteiger partial charge in [-0.1, -0.05) is 6.07 Å². The van der Waals surface area contributed by atoms with Crippen LogP contribution in [0.1, 0.15) is 5.69 Å². The quantitative estimate of drug-likeness (QED) is 0.679. The first kappa shape index (κ1) is 12.5. The Balaban J connectivity index is 2.37. The van der Waals surface area contributed by atoms with Crippen molar-refractivity contribution in [3.8, 4) is 0 Å². The predicted molar refractivity (Wildman–Crippen MR) is 65.9 cm³/mol. The van der Waals surface area contributed by atoms with Crippen LogP contribution in [0.5, 0.6) is 0 Å². The fraction of sp³-hybridized carbons (Fsp3) is 0.0833. The maximum Gasteiger partial charge on any atom is 0.186 e. The van der Waals surface area contributed by atoms with Gasteiger partial charge in [-0.3, -0.25) is 4.98 Å². The van der Waals surface area contributed by atoms with Crippen LogP contribution in [0.4, 0.5) is 10.1 Å². The number of pyridine rings is 1. The fourth-order valence-electron chi connectivity index (χ4n) is 1.56. The average molecular weight is 266 g/mol. The minimum atomic E-state index is -3.61. The first-order valence-corrected chi connectivity index (χ1v) is 6.82. The molecule has 4 nitrogen and oxygen atoms in total. The summed E-state index contributed by atoms with van der Waals surface area (Å²) in [6.45, 7) is 0. The van der Waals surface area contributed by atoms with Crippen molar-refractivity contribution in [1.29, 1.82) is 0 Å². The highest BCUT2D eigenvalue weighted by molar-refractivity contribution is 7.90. The van der Waals surface area contributed by atoms with Crippen LogP contribution in [0.2, 0.25) is 0 Å². The number of aromatic nitrogens is 1. The summed E-state index contributed by atoms with van der Waals surface area (Å²) in [6, 6.07) is 8.24. The van der Waals surface area contributed by atoms with Crippen molar-refractivity contribution >= 4 is 15.5 Å². The highest BCUT2D eigenvalue weighted by Gasteiger charge is 2.19. The molecule has 2 N–H and O–H groups in total. The Labute approximate surface area is 104 Å². The summed E-state index contributed by atoms with van der Waals surface area (Å²) in [5.74, 6) is -0.826. The van der Waals surface area contributed by atoms with E-state index in [0.717, 1.165) is 12.1 Å². The van der Waals surface area contributed by atoms with Crippen LogP contribution in [0.25, 0.3) is 0 Å². The lowest BCUT2D eigenvalue weighted by atomic mass is 10.3. The molecule has 0 saturated carbocycles. The van der Waals surface area contributed by atoms with Crippen LogP contribution in [-0.2, 0) is 15.6 Å². The van der Waals surface area contributed by atoms with Crippen molar-refractivity contribution < 1.29 is 12.8 Å². The van der Waals surface area contributed by atoms with Crippen molar-refractivity contribution in [3.63, 3.8) is 0 Å². The van der Waals surface area contributed by atoms with E-state index in [1.54, 1.807) is 18.2 Å². The molecule has 0 aliphatic heterocycles. The summed E-state index contributed by atoms with van der Waals surface area (Å²) in [7, 11) is -3.61. The van der Waals surface area contributed by atoms with Crippen molar-refractivity contribution in [2.24, 2.45) is 0 Å². The zero-order chi connectivity index (χ0) is 13.2. The largest absolute Gasteiger partial charge is 0.398 e. The van der Waals surface area contributed by atoms with Crippen molar-refractivity contribution in [2.75, 3.05) is 5.73 Å². The lowest BCUT2D eigenvalue weighted by Gasteiger charge is -2.07. The topological polar surface area (TPSA) is 73.1 Å². The summed E-state index contributed by atoms with van der Waals surface area (Å²) in [4.78, 5) is 3.87. The van der Waals surface area contributed by atoms with Crippen molar-refractivity contribution in [2.45, 2.75) is 10.6 Å². The first-order chi connectivity index (χ1) is 8.49. The molecule has 0 aliphatic carbocycles. The number of rotatable bonds is 3. The van der Waals surface area contributed by atoms with E-state index < -0.39 is 15.7 Å². The minimum Gasteiger partial charge on any atom is -0.398 e. The summed E-state index contributed by atoms with van der Waals surface area (Å²) >= 11 is 0. The first-order valence-electron chi connectivity index (χ1n) is 5.17. The summed E-state index contributed by atoms with van der Waals surface area (Å²) in [5.41, 5.74) is 5.85. The van der Waals surface area contributed by atoms with E-state index in [1.165, 1.54) is 12.3 Å². The number of benzene rings is 1. The fourth-order valence-corrected chi connectivity index (χ4v) is 2.97. The van der Waals surface area contributed by atoms with Gasteiger partial charge in [0.05, 0.1) is 22.0 Å². The van der Waals surface area contributed by atoms with Gasteiger partial charge in [-0.15, -0.1) is 0 Å². The van der Waals surface area contributed by atoms with E-state index in [4.69, 9.17) is 5.73 Å². The van der Waals surface area contributed by atoms with E-state index in [0.29, 0.717) is 5.69 Å². The number of nitrogens with zero attached hydrogens (tertiary/aromatic N) is 1. The molecular weight excluding hydrogens is 255 g/mol. The Morgan fingerprint density at radius 3 is 2.61 bits per heavy atom. The molecule has 0 bridgehead atoms. The SMILES string of the molecule is Nc1cc(F)ccc1S(=O)(=O)Cc1ccccn1. The van der Waals surface area contributed by atoms with Gasteiger partial charge in [0.2, 0.25) is 0 Å². The van der Waals surface area contributed by atoms with Crippen LogP contribution in [-0.4, -0.2) is 13.4 Å². The molecule has 1 aromatic heterocycles. The number of halogens is 1. The highest BCUT2D eigenvalue weighted by Crippen LogP contribution is 2.22. The van der Waals surface area contributed by atoms with Gasteiger partial charge in [0.15, 0.2) is 9.84 Å². The molecule has 0 unspecified atom stereocenters. The molecule has 0 spiro atoms. The van der Waals surface area contributed by atoms with E-state index in [2.05, 4.69) is 4.98 Å². The van der Waals surface area contributed by atoms with Gasteiger partial charge in [0, 0.05) is 6.20 Å². The van der Waals surface area contributed by atoms with Crippen LogP contribution in [0.3, 0.4) is 0 Å². The maximum atomic E-state index is 12.9. The number of sulfone groups is 1. The maximum absolute atomic E-state index is 12.9. The van der Waals surface area contributed by atoms with Gasteiger partial charge in [0.1, 0.15) is 5.82 Å². The van der Waals surface area contributed by atoms with Gasteiger partial charge in [-0.2, -0.15) is 0 Å². The van der Waals surface area contributed by atoms with Gasteiger partial charge in [-0.05, 0) is 30.3 Å². The molecule has 0 radical (unpaired) electrons. The second-order valence-electron chi connectivity index (χ2n) is 3.76. The lowest BCUT2D eigenvalue weighted by molar-refractivity contribution is 0.594. The molecule has 18 heavy (non-hydrogen) atoms. The van der Waals surface area contributed by atoms with Gasteiger partial charge in [0.25, 0.3) is 0 Å². The Morgan fingerprint density at radius 2 is 2.00 bits per heavy atom. The smallest absolute Gasteiger partial charge is 0.186 e. The van der Waals surface area contributed by atoms with Crippen LogP contribution >= 0.6 is 0 Å². The number of nitrogens with two attached hydrogens (primary N) is 1. The van der Waals surface area contributed by atoms with E-state index in [1.807, 2.05) is 0 Å². The second kappa shape index (κ2) is 4.73. The molecule has 0 atom stereocenters. The Bertz CT molecular complexity index is 657. The van der Waals surface area contributed by atoms with Crippen molar-refractivity contribution in [3.05, 3.63) is 54.1 Å². The number of hydrogen-bond acceptors (Lipinski definition) is 4. The Kier molecular flexibility index (Phi) is 3.29.